The summed E-state index contributed by atoms with van der Waals surface area (Å²) in [5.74, 6) is 1.38. The lowest BCUT2D eigenvalue weighted by molar-refractivity contribution is -0.0942. The molecule has 1 fully saturated rings. The molecule has 1 aliphatic rings. The van der Waals surface area contributed by atoms with Crippen LogP contribution in [0.3, 0.4) is 0 Å². The van der Waals surface area contributed by atoms with Gasteiger partial charge in [0.25, 0.3) is 5.56 Å². The van der Waals surface area contributed by atoms with Crippen molar-refractivity contribution in [3.63, 3.8) is 0 Å². The molecule has 0 radical (unpaired) electrons. The molecule has 6 rings (SSSR count). The Kier molecular flexibility index (Phi) is 7.48. The van der Waals surface area contributed by atoms with E-state index in [1.165, 1.54) is 17.2 Å². The van der Waals surface area contributed by atoms with E-state index in [0.717, 1.165) is 16.7 Å². The van der Waals surface area contributed by atoms with E-state index in [1.807, 2.05) is 78.9 Å². The van der Waals surface area contributed by atoms with Gasteiger partial charge in [-0.15, -0.1) is 0 Å². The van der Waals surface area contributed by atoms with Crippen LogP contribution in [0.1, 0.15) is 22.9 Å². The van der Waals surface area contributed by atoms with Crippen LogP contribution in [0.5, 0.6) is 11.5 Å². The van der Waals surface area contributed by atoms with E-state index >= 15 is 0 Å². The summed E-state index contributed by atoms with van der Waals surface area (Å²) in [7, 11) is 3.21. The lowest BCUT2D eigenvalue weighted by atomic mass is 9.80. The largest absolute Gasteiger partial charge is 0.497 e. The Labute approximate surface area is 240 Å². The van der Waals surface area contributed by atoms with E-state index in [1.54, 1.807) is 14.2 Å². The molecule has 1 saturated heterocycles. The van der Waals surface area contributed by atoms with Crippen molar-refractivity contribution in [2.75, 3.05) is 20.8 Å². The maximum atomic E-state index is 12.2. The first-order valence-electron chi connectivity index (χ1n) is 13.4. The van der Waals surface area contributed by atoms with Crippen LogP contribution in [0.2, 0.25) is 0 Å². The van der Waals surface area contributed by atoms with Crippen LogP contribution < -0.4 is 15.0 Å². The Hall–Kier alpha value is -4.55. The first-order valence-corrected chi connectivity index (χ1v) is 13.4. The molecule has 5 aromatic rings. The van der Waals surface area contributed by atoms with E-state index in [9.17, 15) is 15.0 Å². The molecular formula is C31H30N4O7. The number of hydrogen-bond acceptors (Lipinski definition) is 9. The number of aliphatic hydroxyl groups excluding tert-OH is 2. The van der Waals surface area contributed by atoms with Crippen LogP contribution in [0, 0.1) is 0 Å². The second-order valence-electron chi connectivity index (χ2n) is 9.92. The van der Waals surface area contributed by atoms with E-state index in [-0.39, 0.29) is 17.8 Å². The maximum Gasteiger partial charge on any atom is 0.278 e. The first kappa shape index (κ1) is 27.6. The number of aromatic amines is 1. The van der Waals surface area contributed by atoms with Crippen molar-refractivity contribution in [3.8, 4) is 11.5 Å². The van der Waals surface area contributed by atoms with E-state index in [4.69, 9.17) is 18.9 Å². The number of fused-ring (bicyclic) bond motifs is 1. The van der Waals surface area contributed by atoms with Crippen molar-refractivity contribution in [2.45, 2.75) is 30.1 Å². The molecule has 3 heterocycles. The molecule has 0 aliphatic carbocycles. The maximum absolute atomic E-state index is 12.2. The van der Waals surface area contributed by atoms with Gasteiger partial charge in [-0.1, -0.05) is 54.6 Å². The number of ether oxygens (including phenoxy) is 4. The first-order chi connectivity index (χ1) is 20.5. The number of H-pyrrole nitrogens is 1. The average molecular weight is 571 g/mol. The van der Waals surface area contributed by atoms with Gasteiger partial charge < -0.3 is 34.1 Å². The van der Waals surface area contributed by atoms with Crippen molar-refractivity contribution in [1.82, 2.24) is 19.5 Å². The summed E-state index contributed by atoms with van der Waals surface area (Å²) in [6.45, 7) is -0.0949. The summed E-state index contributed by atoms with van der Waals surface area (Å²) in [4.78, 5) is 22.9. The summed E-state index contributed by atoms with van der Waals surface area (Å²) < 4.78 is 25.2. The fourth-order valence-electron chi connectivity index (χ4n) is 5.43. The SMILES string of the molecule is COc1ccc(C(OC[C@H]2O[C@@H](n3cnc4c(=O)[nH]cnc43)[C@@H](O)[C@H]2O)(c2ccccc2)c2ccc(OC)cc2)cc1. The minimum atomic E-state index is -1.33. The zero-order valence-corrected chi connectivity index (χ0v) is 23.0. The van der Waals surface area contributed by atoms with Gasteiger partial charge in [0.15, 0.2) is 17.4 Å². The number of aromatic nitrogens is 4. The van der Waals surface area contributed by atoms with Gasteiger partial charge in [0.1, 0.15) is 35.4 Å². The zero-order valence-electron chi connectivity index (χ0n) is 23.0. The molecule has 0 saturated carbocycles. The minimum absolute atomic E-state index is 0.0949. The highest BCUT2D eigenvalue weighted by Gasteiger charge is 2.47. The van der Waals surface area contributed by atoms with Crippen LogP contribution >= 0.6 is 0 Å². The molecule has 3 aromatic carbocycles. The number of methoxy groups -OCH3 is 2. The van der Waals surface area contributed by atoms with Gasteiger partial charge in [-0.2, -0.15) is 0 Å². The van der Waals surface area contributed by atoms with Gasteiger partial charge in [-0.25, -0.2) is 9.97 Å². The Morgan fingerprint density at radius 3 is 2.05 bits per heavy atom. The smallest absolute Gasteiger partial charge is 0.278 e. The summed E-state index contributed by atoms with van der Waals surface area (Å²) in [6.07, 6.45) is -1.98. The van der Waals surface area contributed by atoms with Crippen LogP contribution in [0.25, 0.3) is 11.2 Å². The van der Waals surface area contributed by atoms with Crippen molar-refractivity contribution in [2.24, 2.45) is 0 Å². The number of aliphatic hydroxyl groups is 2. The number of imidazole rings is 1. The third kappa shape index (κ3) is 4.72. The molecule has 2 aromatic heterocycles. The Bertz CT molecular complexity index is 1660. The topological polar surface area (TPSA) is 141 Å². The Morgan fingerprint density at radius 1 is 0.857 bits per heavy atom. The third-order valence-electron chi connectivity index (χ3n) is 7.61. The van der Waals surface area contributed by atoms with Crippen molar-refractivity contribution < 1.29 is 29.2 Å². The van der Waals surface area contributed by atoms with Gasteiger partial charge in [-0.3, -0.25) is 9.36 Å². The standard InChI is InChI=1S/C31H30N4O7/c1-39-22-12-8-20(9-13-22)31(19-6-4-3-5-7-19,21-10-14-23(40-2)15-11-21)41-16-24-26(36)27(37)30(42-24)35-18-34-25-28(35)32-17-33-29(25)38/h3-15,17-18,24,26-27,30,36-37H,16H2,1-2H3,(H,32,33,38)/t24-,26+,27+,30-/m1/s1. The highest BCUT2D eigenvalue weighted by Crippen LogP contribution is 2.43. The van der Waals surface area contributed by atoms with Gasteiger partial charge in [0, 0.05) is 0 Å². The van der Waals surface area contributed by atoms with E-state index in [0.29, 0.717) is 11.5 Å². The molecule has 0 unspecified atom stereocenters. The predicted molar refractivity (Wildman–Crippen MR) is 152 cm³/mol. The summed E-state index contributed by atoms with van der Waals surface area (Å²) in [5.41, 5.74) is 1.24. The molecule has 4 atom stereocenters. The van der Waals surface area contributed by atoms with E-state index in [2.05, 4.69) is 15.0 Å². The fraction of sp³-hybridized carbons (Fsp3) is 0.258. The summed E-state index contributed by atoms with van der Waals surface area (Å²) in [5, 5.41) is 22.1. The van der Waals surface area contributed by atoms with Crippen LogP contribution in [-0.4, -0.2) is 68.9 Å². The molecule has 1 aliphatic heterocycles. The van der Waals surface area contributed by atoms with E-state index < -0.39 is 35.7 Å². The number of nitrogens with one attached hydrogen (secondary N) is 1. The molecule has 0 bridgehead atoms. The second kappa shape index (κ2) is 11.4. The highest BCUT2D eigenvalue weighted by atomic mass is 16.6. The van der Waals surface area contributed by atoms with Crippen LogP contribution in [-0.2, 0) is 15.1 Å². The minimum Gasteiger partial charge on any atom is -0.497 e. The van der Waals surface area contributed by atoms with Crippen LogP contribution in [0.4, 0.5) is 0 Å². The molecular weight excluding hydrogens is 540 g/mol. The summed E-state index contributed by atoms with van der Waals surface area (Å²) >= 11 is 0. The molecule has 0 spiro atoms. The Balaban J connectivity index is 1.39. The number of rotatable bonds is 9. The zero-order chi connectivity index (χ0) is 29.3. The molecule has 3 N–H and O–H groups in total. The van der Waals surface area contributed by atoms with Gasteiger partial charge in [0.05, 0.1) is 33.5 Å². The quantitative estimate of drug-likeness (QED) is 0.228. The third-order valence-corrected chi connectivity index (χ3v) is 7.61. The normalized spacial score (nSPS) is 20.6. The fourth-order valence-corrected chi connectivity index (χ4v) is 5.43. The molecule has 11 heteroatoms. The number of hydrogen-bond donors (Lipinski definition) is 3. The Morgan fingerprint density at radius 2 is 1.45 bits per heavy atom. The monoisotopic (exact) mass is 570 g/mol. The van der Waals surface area contributed by atoms with Crippen LogP contribution in [0.15, 0.2) is 96.3 Å². The van der Waals surface area contributed by atoms with Crippen molar-refractivity contribution >= 4 is 11.2 Å². The molecule has 11 nitrogen and oxygen atoms in total. The molecule has 0 amide bonds. The average Bonchev–Trinajstić information content (AvgIpc) is 3.59. The van der Waals surface area contributed by atoms with Gasteiger partial charge >= 0.3 is 0 Å². The highest BCUT2D eigenvalue weighted by molar-refractivity contribution is 5.68. The predicted octanol–water partition coefficient (Wildman–Crippen LogP) is 2.76. The van der Waals surface area contributed by atoms with Crippen molar-refractivity contribution in [3.05, 3.63) is 119 Å². The van der Waals surface area contributed by atoms with Gasteiger partial charge in [0.2, 0.25) is 0 Å². The number of benzene rings is 3. The summed E-state index contributed by atoms with van der Waals surface area (Å²) in [6, 6.07) is 24.9. The molecule has 216 valence electrons. The lowest BCUT2D eigenvalue weighted by Gasteiger charge is -2.37. The van der Waals surface area contributed by atoms with Crippen molar-refractivity contribution in [1.29, 1.82) is 0 Å². The second-order valence-corrected chi connectivity index (χ2v) is 9.92. The van der Waals surface area contributed by atoms with Gasteiger partial charge in [-0.05, 0) is 41.0 Å². The number of nitrogens with zero attached hydrogens (tertiary/aromatic N) is 3. The molecule has 42 heavy (non-hydrogen) atoms. The lowest BCUT2D eigenvalue weighted by Crippen LogP contribution is -2.39.